The average molecular weight is 385 g/mol. The van der Waals surface area contributed by atoms with E-state index in [-0.39, 0.29) is 0 Å². The third-order valence-electron chi connectivity index (χ3n) is 5.58. The van der Waals surface area contributed by atoms with Gasteiger partial charge in [0.05, 0.1) is 0 Å². The summed E-state index contributed by atoms with van der Waals surface area (Å²) in [4.78, 5) is 12.4. The number of benzene rings is 2. The average Bonchev–Trinajstić information content (AvgIpc) is 2.98. The molecule has 2 heterocycles. The van der Waals surface area contributed by atoms with Crippen molar-refractivity contribution in [3.8, 4) is 16.9 Å². The molecule has 27 heavy (non-hydrogen) atoms. The predicted octanol–water partition coefficient (Wildman–Crippen LogP) is 4.93. The van der Waals surface area contributed by atoms with Crippen molar-refractivity contribution in [2.24, 2.45) is 5.92 Å². The van der Waals surface area contributed by atoms with Crippen molar-refractivity contribution in [1.29, 1.82) is 0 Å². The second-order valence-electron chi connectivity index (χ2n) is 7.76. The van der Waals surface area contributed by atoms with E-state index in [0.29, 0.717) is 35.3 Å². The Labute approximate surface area is 165 Å². The maximum absolute atomic E-state index is 12.4. The van der Waals surface area contributed by atoms with Gasteiger partial charge in [0.25, 0.3) is 0 Å². The Morgan fingerprint density at radius 2 is 1.96 bits per heavy atom. The number of amides is 1. The maximum atomic E-state index is 12.4. The molecule has 2 atom stereocenters. The highest BCUT2D eigenvalue weighted by Gasteiger charge is 2.33. The fraction of sp³-hybridized carbons (Fsp3) is 0.409. The number of fused-ring (bicyclic) bond motifs is 2. The van der Waals surface area contributed by atoms with Crippen molar-refractivity contribution in [3.05, 3.63) is 53.1 Å². The van der Waals surface area contributed by atoms with Gasteiger partial charge in [0.15, 0.2) is 0 Å². The van der Waals surface area contributed by atoms with Gasteiger partial charge in [0, 0.05) is 29.2 Å². The van der Waals surface area contributed by atoms with Gasteiger partial charge < -0.3 is 15.4 Å². The molecule has 2 N–H and O–H groups in total. The largest absolute Gasteiger partial charge is 0.412 e. The van der Waals surface area contributed by atoms with Gasteiger partial charge in [-0.25, -0.2) is 4.79 Å². The summed E-state index contributed by atoms with van der Waals surface area (Å²) in [5.74, 6) is 1.08. The Bertz CT molecular complexity index is 827. The van der Waals surface area contributed by atoms with Crippen LogP contribution in [0.15, 0.2) is 42.5 Å². The Kier molecular flexibility index (Phi) is 5.37. The van der Waals surface area contributed by atoms with E-state index >= 15 is 0 Å². The first-order valence-electron chi connectivity index (χ1n) is 9.65. The smallest absolute Gasteiger partial charge is 0.410 e. The van der Waals surface area contributed by atoms with Crippen molar-refractivity contribution in [3.63, 3.8) is 0 Å². The van der Waals surface area contributed by atoms with E-state index in [0.717, 1.165) is 29.5 Å². The van der Waals surface area contributed by atoms with Crippen LogP contribution in [0, 0.1) is 12.8 Å². The fourth-order valence-electron chi connectivity index (χ4n) is 4.31. The fourth-order valence-corrected chi connectivity index (χ4v) is 4.50. The van der Waals surface area contributed by atoms with E-state index in [1.807, 2.05) is 49.4 Å². The van der Waals surface area contributed by atoms with E-state index in [4.69, 9.17) is 16.3 Å². The number of halogens is 1. The normalized spacial score (nSPS) is 23.9. The number of carbonyl (C=O) groups excluding carboxylic acids is 1. The Morgan fingerprint density at radius 1 is 1.19 bits per heavy atom. The van der Waals surface area contributed by atoms with Gasteiger partial charge in [-0.2, -0.15) is 0 Å². The maximum Gasteiger partial charge on any atom is 0.412 e. The number of hydrogen-bond acceptors (Lipinski definition) is 3. The molecule has 0 spiro atoms. The highest BCUT2D eigenvalue weighted by atomic mass is 35.5. The zero-order valence-corrected chi connectivity index (χ0v) is 16.3. The molecule has 0 saturated carbocycles. The summed E-state index contributed by atoms with van der Waals surface area (Å²) in [7, 11) is 0. The van der Waals surface area contributed by atoms with Crippen molar-refractivity contribution >= 4 is 17.7 Å². The van der Waals surface area contributed by atoms with Crippen molar-refractivity contribution in [2.45, 2.75) is 44.7 Å². The number of hydrogen-bond donors (Lipinski definition) is 2. The van der Waals surface area contributed by atoms with Gasteiger partial charge in [-0.3, -0.25) is 0 Å². The van der Waals surface area contributed by atoms with Gasteiger partial charge >= 0.3 is 6.09 Å². The van der Waals surface area contributed by atoms with Crippen LogP contribution in [0.5, 0.6) is 5.75 Å². The molecule has 4 rings (SSSR count). The number of carbonyl (C=O) groups is 1. The molecule has 1 amide bonds. The van der Waals surface area contributed by atoms with Crippen LogP contribution < -0.4 is 15.4 Å². The lowest BCUT2D eigenvalue weighted by molar-refractivity contribution is 0.195. The van der Waals surface area contributed by atoms with E-state index in [9.17, 15) is 4.79 Å². The minimum atomic E-state index is -0.394. The van der Waals surface area contributed by atoms with Gasteiger partial charge in [-0.15, -0.1) is 0 Å². The summed E-state index contributed by atoms with van der Waals surface area (Å²) < 4.78 is 5.67. The van der Waals surface area contributed by atoms with Gasteiger partial charge in [-0.05, 0) is 67.9 Å². The highest BCUT2D eigenvalue weighted by Crippen LogP contribution is 2.33. The van der Waals surface area contributed by atoms with Crippen LogP contribution in [-0.4, -0.2) is 24.7 Å². The Balaban J connectivity index is 1.42. The summed E-state index contributed by atoms with van der Waals surface area (Å²) >= 11 is 6.12. The topological polar surface area (TPSA) is 50.4 Å². The lowest BCUT2D eigenvalue weighted by Gasteiger charge is -2.29. The van der Waals surface area contributed by atoms with Crippen LogP contribution in [0.3, 0.4) is 0 Å². The zero-order valence-electron chi connectivity index (χ0n) is 15.5. The Hall–Kier alpha value is -2.04. The molecular formula is C22H25ClN2O2. The Morgan fingerprint density at radius 3 is 2.70 bits per heavy atom. The first-order chi connectivity index (χ1) is 13.1. The van der Waals surface area contributed by atoms with Crippen molar-refractivity contribution in [1.82, 2.24) is 10.6 Å². The summed E-state index contributed by atoms with van der Waals surface area (Å²) in [5.41, 5.74) is 2.83. The van der Waals surface area contributed by atoms with E-state index < -0.39 is 6.09 Å². The number of piperidine rings is 1. The SMILES string of the molecule is Cc1ccc(-c2cccc(Cl)c2)c(OC(=O)NCC2CC3CCC(C2)N3)c1. The number of rotatable bonds is 4. The van der Waals surface area contributed by atoms with Crippen LogP contribution in [0.1, 0.15) is 31.2 Å². The third kappa shape index (κ3) is 4.45. The molecule has 2 bridgehead atoms. The van der Waals surface area contributed by atoms with Crippen molar-refractivity contribution < 1.29 is 9.53 Å². The van der Waals surface area contributed by atoms with Gasteiger partial charge in [0.1, 0.15) is 5.75 Å². The molecule has 4 nitrogen and oxygen atoms in total. The van der Waals surface area contributed by atoms with Crippen LogP contribution in [0.4, 0.5) is 4.79 Å². The molecule has 0 radical (unpaired) electrons. The summed E-state index contributed by atoms with van der Waals surface area (Å²) in [6.45, 7) is 2.66. The third-order valence-corrected chi connectivity index (χ3v) is 5.82. The minimum absolute atomic E-state index is 0.394. The lowest BCUT2D eigenvalue weighted by Crippen LogP contribution is -2.42. The van der Waals surface area contributed by atoms with E-state index in [1.54, 1.807) is 0 Å². The monoisotopic (exact) mass is 384 g/mol. The lowest BCUT2D eigenvalue weighted by atomic mass is 9.92. The molecule has 5 heteroatoms. The molecule has 2 fully saturated rings. The molecule has 2 unspecified atom stereocenters. The van der Waals surface area contributed by atoms with Crippen LogP contribution >= 0.6 is 11.6 Å². The second kappa shape index (κ2) is 7.91. The molecule has 2 aliphatic rings. The van der Waals surface area contributed by atoms with Crippen molar-refractivity contribution in [2.75, 3.05) is 6.54 Å². The molecule has 2 aliphatic heterocycles. The van der Waals surface area contributed by atoms with Crippen LogP contribution in [0.25, 0.3) is 11.1 Å². The van der Waals surface area contributed by atoms with E-state index in [1.165, 1.54) is 12.8 Å². The number of ether oxygens (including phenoxy) is 1. The van der Waals surface area contributed by atoms with Gasteiger partial charge in [-0.1, -0.05) is 35.9 Å². The molecule has 2 aromatic carbocycles. The molecular weight excluding hydrogens is 360 g/mol. The summed E-state index contributed by atoms with van der Waals surface area (Å²) in [5, 5.41) is 7.25. The molecule has 2 aromatic rings. The molecule has 142 valence electrons. The highest BCUT2D eigenvalue weighted by molar-refractivity contribution is 6.30. The van der Waals surface area contributed by atoms with Gasteiger partial charge in [0.2, 0.25) is 0 Å². The molecule has 0 aromatic heterocycles. The van der Waals surface area contributed by atoms with Crippen LogP contribution in [-0.2, 0) is 0 Å². The summed E-state index contributed by atoms with van der Waals surface area (Å²) in [6, 6.07) is 14.7. The summed E-state index contributed by atoms with van der Waals surface area (Å²) in [6.07, 6.45) is 4.40. The molecule has 0 aliphatic carbocycles. The van der Waals surface area contributed by atoms with E-state index in [2.05, 4.69) is 10.6 Å². The standard InChI is InChI=1S/C22H25ClN2O2/c1-14-5-8-20(16-3-2-4-17(23)12-16)21(9-14)27-22(26)24-13-15-10-18-6-7-19(11-15)25-18/h2-5,8-9,12,15,18-19,25H,6-7,10-11,13H2,1H3,(H,24,26). The van der Waals surface area contributed by atoms with Crippen LogP contribution in [0.2, 0.25) is 5.02 Å². The zero-order chi connectivity index (χ0) is 18.8. The first kappa shape index (κ1) is 18.3. The minimum Gasteiger partial charge on any atom is -0.410 e. The number of aryl methyl sites for hydroxylation is 1. The quantitative estimate of drug-likeness (QED) is 0.785. The number of nitrogens with one attached hydrogen (secondary N) is 2. The second-order valence-corrected chi connectivity index (χ2v) is 8.19. The first-order valence-corrected chi connectivity index (χ1v) is 10.0. The predicted molar refractivity (Wildman–Crippen MR) is 108 cm³/mol. The molecule has 2 saturated heterocycles.